The first-order valence-corrected chi connectivity index (χ1v) is 7.62. The average Bonchev–Trinajstić information content (AvgIpc) is 3.14. The van der Waals surface area contributed by atoms with Crippen molar-refractivity contribution in [2.45, 2.75) is 45.1 Å². The molecule has 1 N–H and O–H groups in total. The Balaban J connectivity index is 1.98. The molecule has 0 saturated heterocycles. The zero-order chi connectivity index (χ0) is 13.0. The maximum absolute atomic E-state index is 6.24. The van der Waals surface area contributed by atoms with Crippen molar-refractivity contribution < 1.29 is 0 Å². The largest absolute Gasteiger partial charge is 0.314 e. The number of rotatable bonds is 7. The van der Waals surface area contributed by atoms with E-state index in [1.54, 1.807) is 0 Å². The van der Waals surface area contributed by atoms with Crippen LogP contribution >= 0.6 is 23.2 Å². The van der Waals surface area contributed by atoms with Gasteiger partial charge in [0, 0.05) is 16.1 Å². The Morgan fingerprint density at radius 2 is 2.11 bits per heavy atom. The molecule has 2 rings (SSSR count). The molecule has 0 bridgehead atoms. The quantitative estimate of drug-likeness (QED) is 0.765. The van der Waals surface area contributed by atoms with Gasteiger partial charge in [0.15, 0.2) is 0 Å². The van der Waals surface area contributed by atoms with Gasteiger partial charge in [0.25, 0.3) is 0 Å². The Morgan fingerprint density at radius 3 is 2.78 bits per heavy atom. The van der Waals surface area contributed by atoms with Crippen molar-refractivity contribution in [3.05, 3.63) is 33.8 Å². The lowest BCUT2D eigenvalue weighted by atomic mass is 10.0. The van der Waals surface area contributed by atoms with Crippen LogP contribution in [0, 0.1) is 5.92 Å². The van der Waals surface area contributed by atoms with E-state index in [0.717, 1.165) is 28.9 Å². The monoisotopic (exact) mass is 285 g/mol. The summed E-state index contributed by atoms with van der Waals surface area (Å²) in [5, 5.41) is 5.24. The molecule has 1 saturated carbocycles. The minimum Gasteiger partial charge on any atom is -0.314 e. The number of benzene rings is 1. The van der Waals surface area contributed by atoms with Gasteiger partial charge < -0.3 is 5.32 Å². The summed E-state index contributed by atoms with van der Waals surface area (Å²) in [7, 11) is 0. The summed E-state index contributed by atoms with van der Waals surface area (Å²) in [6.07, 6.45) is 6.21. The molecule has 1 unspecified atom stereocenters. The molecular weight excluding hydrogens is 265 g/mol. The van der Waals surface area contributed by atoms with E-state index in [0.29, 0.717) is 6.04 Å². The van der Waals surface area contributed by atoms with Crippen molar-refractivity contribution in [1.82, 2.24) is 5.32 Å². The molecule has 1 aromatic rings. The first-order valence-electron chi connectivity index (χ1n) is 6.86. The molecule has 1 atom stereocenters. The molecule has 3 heteroatoms. The molecule has 0 amide bonds. The molecular formula is C15H21Cl2N. The van der Waals surface area contributed by atoms with Gasteiger partial charge in [-0.3, -0.25) is 0 Å². The van der Waals surface area contributed by atoms with Crippen LogP contribution < -0.4 is 5.32 Å². The number of nitrogens with one attached hydrogen (secondary N) is 1. The highest BCUT2D eigenvalue weighted by Crippen LogP contribution is 2.34. The lowest BCUT2D eigenvalue weighted by molar-refractivity contribution is 0.455. The summed E-state index contributed by atoms with van der Waals surface area (Å²) >= 11 is 12.3. The Hall–Kier alpha value is -0.240. The Bertz CT molecular complexity index is 388. The third-order valence-electron chi connectivity index (χ3n) is 3.47. The Labute approximate surface area is 120 Å². The zero-order valence-electron chi connectivity index (χ0n) is 10.9. The topological polar surface area (TPSA) is 12.0 Å². The van der Waals surface area contributed by atoms with Crippen LogP contribution in [0.2, 0.25) is 10.0 Å². The molecule has 0 spiro atoms. The van der Waals surface area contributed by atoms with Crippen LogP contribution in [0.1, 0.15) is 38.2 Å². The van der Waals surface area contributed by atoms with E-state index in [1.165, 1.54) is 31.2 Å². The van der Waals surface area contributed by atoms with Crippen molar-refractivity contribution in [3.8, 4) is 0 Å². The molecule has 0 aliphatic heterocycles. The van der Waals surface area contributed by atoms with Crippen LogP contribution in [-0.2, 0) is 6.42 Å². The first kappa shape index (κ1) is 14.2. The lowest BCUT2D eigenvalue weighted by Crippen LogP contribution is -2.32. The predicted molar refractivity (Wildman–Crippen MR) is 79.6 cm³/mol. The van der Waals surface area contributed by atoms with E-state index in [-0.39, 0.29) is 0 Å². The molecule has 1 nitrogen and oxygen atoms in total. The van der Waals surface area contributed by atoms with Gasteiger partial charge in [-0.15, -0.1) is 0 Å². The van der Waals surface area contributed by atoms with Gasteiger partial charge in [0.2, 0.25) is 0 Å². The Kier molecular flexibility index (Phi) is 5.35. The minimum absolute atomic E-state index is 0.536. The maximum atomic E-state index is 6.24. The van der Waals surface area contributed by atoms with Crippen LogP contribution in [0.15, 0.2) is 18.2 Å². The van der Waals surface area contributed by atoms with Crippen molar-refractivity contribution in [2.24, 2.45) is 5.92 Å². The highest BCUT2D eigenvalue weighted by Gasteiger charge is 2.25. The third-order valence-corrected chi connectivity index (χ3v) is 4.08. The minimum atomic E-state index is 0.536. The van der Waals surface area contributed by atoms with Crippen molar-refractivity contribution in [3.63, 3.8) is 0 Å². The molecule has 1 aliphatic carbocycles. The molecule has 1 aliphatic rings. The summed E-state index contributed by atoms with van der Waals surface area (Å²) in [6.45, 7) is 3.28. The van der Waals surface area contributed by atoms with Gasteiger partial charge in [-0.25, -0.2) is 0 Å². The van der Waals surface area contributed by atoms with Crippen LogP contribution in [0.25, 0.3) is 0 Å². The standard InChI is InChI=1S/C15H21Cl2N/c1-2-7-18-14(8-11-3-4-11)10-12-9-13(16)5-6-15(12)17/h5-6,9,11,14,18H,2-4,7-8,10H2,1H3. The van der Waals surface area contributed by atoms with Crippen molar-refractivity contribution in [1.29, 1.82) is 0 Å². The van der Waals surface area contributed by atoms with Gasteiger partial charge in [-0.05, 0) is 55.5 Å². The first-order chi connectivity index (χ1) is 8.69. The molecule has 100 valence electrons. The van der Waals surface area contributed by atoms with Gasteiger partial charge in [-0.2, -0.15) is 0 Å². The smallest absolute Gasteiger partial charge is 0.0439 e. The normalized spacial score (nSPS) is 16.8. The second kappa shape index (κ2) is 6.79. The fourth-order valence-corrected chi connectivity index (χ4v) is 2.70. The van der Waals surface area contributed by atoms with Crippen LogP contribution in [0.3, 0.4) is 0 Å². The molecule has 0 aromatic heterocycles. The Morgan fingerprint density at radius 1 is 1.33 bits per heavy atom. The van der Waals surface area contributed by atoms with Crippen molar-refractivity contribution in [2.75, 3.05) is 6.54 Å². The average molecular weight is 286 g/mol. The summed E-state index contributed by atoms with van der Waals surface area (Å²) in [5.41, 5.74) is 1.17. The van der Waals surface area contributed by atoms with Gasteiger partial charge in [0.1, 0.15) is 0 Å². The summed E-state index contributed by atoms with van der Waals surface area (Å²) in [5.74, 6) is 0.928. The summed E-state index contributed by atoms with van der Waals surface area (Å²) < 4.78 is 0. The van der Waals surface area contributed by atoms with E-state index >= 15 is 0 Å². The summed E-state index contributed by atoms with van der Waals surface area (Å²) in [6, 6.07) is 6.28. The zero-order valence-corrected chi connectivity index (χ0v) is 12.4. The van der Waals surface area contributed by atoms with Gasteiger partial charge in [0.05, 0.1) is 0 Å². The van der Waals surface area contributed by atoms with Gasteiger partial charge >= 0.3 is 0 Å². The SMILES string of the molecule is CCCNC(Cc1cc(Cl)ccc1Cl)CC1CC1. The fourth-order valence-electron chi connectivity index (χ4n) is 2.31. The number of halogens is 2. The van der Waals surface area contributed by atoms with E-state index in [1.807, 2.05) is 18.2 Å². The maximum Gasteiger partial charge on any atom is 0.0439 e. The third kappa shape index (κ3) is 4.46. The highest BCUT2D eigenvalue weighted by atomic mass is 35.5. The van der Waals surface area contributed by atoms with E-state index in [2.05, 4.69) is 12.2 Å². The molecule has 18 heavy (non-hydrogen) atoms. The molecule has 1 fully saturated rings. The predicted octanol–water partition coefficient (Wildman–Crippen LogP) is 4.70. The van der Waals surface area contributed by atoms with Gasteiger partial charge in [-0.1, -0.05) is 43.0 Å². The highest BCUT2D eigenvalue weighted by molar-refractivity contribution is 6.33. The summed E-state index contributed by atoms with van der Waals surface area (Å²) in [4.78, 5) is 0. The van der Waals surface area contributed by atoms with Crippen LogP contribution in [0.5, 0.6) is 0 Å². The van der Waals surface area contributed by atoms with E-state index in [9.17, 15) is 0 Å². The number of hydrogen-bond acceptors (Lipinski definition) is 1. The van der Waals surface area contributed by atoms with E-state index < -0.39 is 0 Å². The second-order valence-electron chi connectivity index (χ2n) is 5.27. The molecule has 0 heterocycles. The fraction of sp³-hybridized carbons (Fsp3) is 0.600. The van der Waals surface area contributed by atoms with Crippen LogP contribution in [0.4, 0.5) is 0 Å². The second-order valence-corrected chi connectivity index (χ2v) is 6.11. The number of hydrogen-bond donors (Lipinski definition) is 1. The van der Waals surface area contributed by atoms with Crippen LogP contribution in [-0.4, -0.2) is 12.6 Å². The van der Waals surface area contributed by atoms with Crippen molar-refractivity contribution >= 4 is 23.2 Å². The molecule has 1 aromatic carbocycles. The van der Waals surface area contributed by atoms with E-state index in [4.69, 9.17) is 23.2 Å². The molecule has 0 radical (unpaired) electrons. The lowest BCUT2D eigenvalue weighted by Gasteiger charge is -2.19.